The lowest BCUT2D eigenvalue weighted by molar-refractivity contribution is 0.250. The molecular formula is C25H37N7O. The van der Waals surface area contributed by atoms with Crippen molar-refractivity contribution in [3.05, 3.63) is 41.1 Å². The van der Waals surface area contributed by atoms with Crippen molar-refractivity contribution >= 4 is 23.5 Å². The second-order valence-corrected chi connectivity index (χ2v) is 9.54. The molecular weight excluding hydrogens is 414 g/mol. The van der Waals surface area contributed by atoms with Crippen molar-refractivity contribution in [2.45, 2.75) is 64.0 Å². The Balaban J connectivity index is 1.39. The van der Waals surface area contributed by atoms with Gasteiger partial charge in [0.2, 0.25) is 5.95 Å². The average molecular weight is 452 g/mol. The smallest absolute Gasteiger partial charge is 0.319 e. The molecule has 1 saturated carbocycles. The largest absolute Gasteiger partial charge is 0.362 e. The van der Waals surface area contributed by atoms with Crippen LogP contribution < -0.4 is 26.6 Å². The summed E-state index contributed by atoms with van der Waals surface area (Å²) in [5, 5.41) is 3.60. The lowest BCUT2D eigenvalue weighted by atomic mass is 9.85. The van der Waals surface area contributed by atoms with E-state index in [-0.39, 0.29) is 0 Å². The van der Waals surface area contributed by atoms with Gasteiger partial charge in [-0.1, -0.05) is 18.2 Å². The van der Waals surface area contributed by atoms with E-state index in [0.29, 0.717) is 25.0 Å². The number of fused-ring (bicyclic) bond motifs is 1. The SMILES string of the molecule is CN(C)c1nc(NC2CCC(CN(C(N)=O)c3ccccc3CN)CC2)nc2c1CCCC2. The Morgan fingerprint density at radius 2 is 1.82 bits per heavy atom. The maximum atomic E-state index is 12.2. The van der Waals surface area contributed by atoms with Gasteiger partial charge in [-0.05, 0) is 68.9 Å². The monoisotopic (exact) mass is 451 g/mol. The maximum Gasteiger partial charge on any atom is 0.319 e. The molecule has 1 aromatic carbocycles. The van der Waals surface area contributed by atoms with Gasteiger partial charge < -0.3 is 21.7 Å². The van der Waals surface area contributed by atoms with Crippen LogP contribution in [0.5, 0.6) is 0 Å². The number of hydrogen-bond donors (Lipinski definition) is 3. The van der Waals surface area contributed by atoms with Gasteiger partial charge >= 0.3 is 6.03 Å². The van der Waals surface area contributed by atoms with E-state index < -0.39 is 6.03 Å². The van der Waals surface area contributed by atoms with Crippen LogP contribution in [-0.4, -0.2) is 42.7 Å². The van der Waals surface area contributed by atoms with Crippen molar-refractivity contribution in [3.63, 3.8) is 0 Å². The predicted molar refractivity (Wildman–Crippen MR) is 134 cm³/mol. The quantitative estimate of drug-likeness (QED) is 0.594. The van der Waals surface area contributed by atoms with Gasteiger partial charge in [-0.2, -0.15) is 4.98 Å². The number of urea groups is 1. The second-order valence-electron chi connectivity index (χ2n) is 9.54. The minimum atomic E-state index is -0.421. The molecule has 1 heterocycles. The third-order valence-electron chi connectivity index (χ3n) is 6.97. The van der Waals surface area contributed by atoms with Crippen LogP contribution in [-0.2, 0) is 19.4 Å². The molecule has 0 saturated heterocycles. The number of hydrogen-bond acceptors (Lipinski definition) is 6. The van der Waals surface area contributed by atoms with Crippen LogP contribution >= 0.6 is 0 Å². The van der Waals surface area contributed by atoms with Gasteiger partial charge in [-0.15, -0.1) is 0 Å². The minimum absolute atomic E-state index is 0.344. The molecule has 8 heteroatoms. The predicted octanol–water partition coefficient (Wildman–Crippen LogP) is 3.44. The summed E-state index contributed by atoms with van der Waals surface area (Å²) >= 11 is 0. The molecule has 2 aliphatic rings. The number of nitrogens with zero attached hydrogens (tertiary/aromatic N) is 4. The lowest BCUT2D eigenvalue weighted by Crippen LogP contribution is -2.41. The van der Waals surface area contributed by atoms with E-state index >= 15 is 0 Å². The molecule has 4 rings (SSSR count). The first kappa shape index (κ1) is 23.3. The molecule has 0 unspecified atom stereocenters. The fourth-order valence-electron chi connectivity index (χ4n) is 5.19. The summed E-state index contributed by atoms with van der Waals surface area (Å²) in [5.74, 6) is 2.20. The number of para-hydroxylation sites is 1. The zero-order chi connectivity index (χ0) is 23.4. The van der Waals surface area contributed by atoms with Gasteiger partial charge in [0, 0.05) is 44.5 Å². The number of anilines is 3. The van der Waals surface area contributed by atoms with Gasteiger partial charge in [0.1, 0.15) is 5.82 Å². The Morgan fingerprint density at radius 3 is 2.52 bits per heavy atom. The topological polar surface area (TPSA) is 113 Å². The molecule has 8 nitrogen and oxygen atoms in total. The number of nitrogens with one attached hydrogen (secondary N) is 1. The van der Waals surface area contributed by atoms with Crippen molar-refractivity contribution in [2.75, 3.05) is 35.8 Å². The summed E-state index contributed by atoms with van der Waals surface area (Å²) in [6.45, 7) is 1.01. The summed E-state index contributed by atoms with van der Waals surface area (Å²) < 4.78 is 0. The summed E-state index contributed by atoms with van der Waals surface area (Å²) in [6.07, 6.45) is 8.61. The molecule has 33 heavy (non-hydrogen) atoms. The number of primary amides is 1. The van der Waals surface area contributed by atoms with Crippen LogP contribution in [0.2, 0.25) is 0 Å². The summed E-state index contributed by atoms with van der Waals surface area (Å²) in [7, 11) is 4.11. The highest BCUT2D eigenvalue weighted by Crippen LogP contribution is 2.31. The average Bonchev–Trinajstić information content (AvgIpc) is 2.82. The lowest BCUT2D eigenvalue weighted by Gasteiger charge is -2.33. The van der Waals surface area contributed by atoms with Crippen LogP contribution in [0, 0.1) is 5.92 Å². The summed E-state index contributed by atoms with van der Waals surface area (Å²) in [5.41, 5.74) is 15.9. The van der Waals surface area contributed by atoms with Crippen LogP contribution in [0.1, 0.15) is 55.3 Å². The number of nitrogens with two attached hydrogens (primary N) is 2. The van der Waals surface area contributed by atoms with Gasteiger partial charge in [0.15, 0.2) is 0 Å². The van der Waals surface area contributed by atoms with Crippen molar-refractivity contribution < 1.29 is 4.79 Å². The van der Waals surface area contributed by atoms with Crippen molar-refractivity contribution in [2.24, 2.45) is 17.4 Å². The highest BCUT2D eigenvalue weighted by atomic mass is 16.2. The fourth-order valence-corrected chi connectivity index (χ4v) is 5.19. The summed E-state index contributed by atoms with van der Waals surface area (Å²) in [6, 6.07) is 7.66. The van der Waals surface area contributed by atoms with Gasteiger partial charge in [-0.25, -0.2) is 9.78 Å². The Bertz CT molecular complexity index is 969. The van der Waals surface area contributed by atoms with Crippen LogP contribution in [0.3, 0.4) is 0 Å². The maximum absolute atomic E-state index is 12.2. The Morgan fingerprint density at radius 1 is 1.09 bits per heavy atom. The number of benzene rings is 1. The van der Waals surface area contributed by atoms with E-state index in [2.05, 4.69) is 24.3 Å². The second kappa shape index (κ2) is 10.4. The number of rotatable bonds is 7. The van der Waals surface area contributed by atoms with Crippen molar-refractivity contribution in [3.8, 4) is 0 Å². The van der Waals surface area contributed by atoms with E-state index in [0.717, 1.165) is 61.5 Å². The number of aryl methyl sites for hydroxylation is 1. The van der Waals surface area contributed by atoms with E-state index in [1.165, 1.54) is 24.1 Å². The zero-order valence-electron chi connectivity index (χ0n) is 19.9. The molecule has 0 aliphatic heterocycles. The van der Waals surface area contributed by atoms with Crippen molar-refractivity contribution in [1.29, 1.82) is 0 Å². The molecule has 178 valence electrons. The van der Waals surface area contributed by atoms with Crippen LogP contribution in [0.25, 0.3) is 0 Å². The molecule has 0 spiro atoms. The number of carbonyl (C=O) groups excluding carboxylic acids is 1. The number of amides is 2. The Labute approximate surface area is 196 Å². The first-order valence-corrected chi connectivity index (χ1v) is 12.1. The van der Waals surface area contributed by atoms with Gasteiger partial charge in [0.25, 0.3) is 0 Å². The van der Waals surface area contributed by atoms with Gasteiger partial charge in [-0.3, -0.25) is 4.90 Å². The normalized spacial score (nSPS) is 20.1. The minimum Gasteiger partial charge on any atom is -0.362 e. The van der Waals surface area contributed by atoms with E-state index in [4.69, 9.17) is 21.4 Å². The van der Waals surface area contributed by atoms with E-state index in [9.17, 15) is 4.79 Å². The molecule has 0 radical (unpaired) electrons. The van der Waals surface area contributed by atoms with Gasteiger partial charge in [0.05, 0.1) is 5.69 Å². The van der Waals surface area contributed by atoms with E-state index in [1.807, 2.05) is 24.3 Å². The molecule has 2 aromatic rings. The standard InChI is InChI=1S/C25H37N7O/c1-31(2)23-20-8-4-5-9-21(20)29-25(30-23)28-19-13-11-17(12-14-19)16-32(24(27)33)22-10-6-3-7-18(22)15-26/h3,6-7,10,17,19H,4-5,8-9,11-16,26H2,1-2H3,(H2,27,33)(H,28,29,30). The number of carbonyl (C=O) groups is 1. The highest BCUT2D eigenvalue weighted by molar-refractivity contribution is 5.91. The number of aromatic nitrogens is 2. The first-order chi connectivity index (χ1) is 16.0. The first-order valence-electron chi connectivity index (χ1n) is 12.1. The molecule has 0 bridgehead atoms. The fraction of sp³-hybridized carbons (Fsp3) is 0.560. The molecule has 2 aliphatic carbocycles. The zero-order valence-corrected chi connectivity index (χ0v) is 19.9. The van der Waals surface area contributed by atoms with E-state index in [1.54, 1.807) is 4.90 Å². The highest BCUT2D eigenvalue weighted by Gasteiger charge is 2.27. The molecule has 1 aromatic heterocycles. The molecule has 1 fully saturated rings. The third-order valence-corrected chi connectivity index (χ3v) is 6.97. The Hall–Kier alpha value is -2.87. The van der Waals surface area contributed by atoms with Crippen LogP contribution in [0.4, 0.5) is 22.2 Å². The molecule has 2 amide bonds. The third kappa shape index (κ3) is 5.38. The Kier molecular flexibility index (Phi) is 7.33. The van der Waals surface area contributed by atoms with Crippen molar-refractivity contribution in [1.82, 2.24) is 9.97 Å². The molecule has 5 N–H and O–H groups in total. The van der Waals surface area contributed by atoms with Crippen LogP contribution in [0.15, 0.2) is 24.3 Å². The summed E-state index contributed by atoms with van der Waals surface area (Å²) in [4.78, 5) is 25.7. The molecule has 0 atom stereocenters.